The number of rotatable bonds is 6. The van der Waals surface area contributed by atoms with Crippen LogP contribution >= 0.6 is 11.6 Å². The van der Waals surface area contributed by atoms with Crippen molar-refractivity contribution in [1.29, 1.82) is 5.26 Å². The summed E-state index contributed by atoms with van der Waals surface area (Å²) >= 11 is 6.09. The predicted octanol–water partition coefficient (Wildman–Crippen LogP) is 2.89. The van der Waals surface area contributed by atoms with E-state index in [4.69, 9.17) is 21.1 Å². The van der Waals surface area contributed by atoms with Crippen molar-refractivity contribution in [1.82, 2.24) is 4.90 Å². The average molecular weight is 350 g/mol. The van der Waals surface area contributed by atoms with E-state index in [1.807, 2.05) is 13.0 Å². The normalized spacial score (nSPS) is 27.3. The summed E-state index contributed by atoms with van der Waals surface area (Å²) in [5.41, 5.74) is 1.49. The minimum atomic E-state index is 0.0681. The molecule has 1 saturated heterocycles. The molecular weight excluding hydrogens is 326 g/mol. The summed E-state index contributed by atoms with van der Waals surface area (Å²) in [5.74, 6) is 0. The van der Waals surface area contributed by atoms with Gasteiger partial charge in [-0.2, -0.15) is 5.26 Å². The van der Waals surface area contributed by atoms with Crippen molar-refractivity contribution in [2.45, 2.75) is 31.4 Å². The highest BCUT2D eigenvalue weighted by molar-refractivity contribution is 6.30. The molecule has 1 aromatic rings. The maximum atomic E-state index is 9.29. The molecule has 0 spiro atoms. The van der Waals surface area contributed by atoms with E-state index in [0.29, 0.717) is 16.7 Å². The van der Waals surface area contributed by atoms with E-state index in [0.717, 1.165) is 58.0 Å². The number of hydrogen-bond acceptors (Lipinski definition) is 5. The van der Waals surface area contributed by atoms with Crippen molar-refractivity contribution >= 4 is 17.3 Å². The van der Waals surface area contributed by atoms with Crippen LogP contribution in [0, 0.1) is 11.3 Å². The Morgan fingerprint density at radius 1 is 1.42 bits per heavy atom. The number of ether oxygens (including phenoxy) is 2. The van der Waals surface area contributed by atoms with Crippen molar-refractivity contribution < 1.29 is 9.47 Å². The highest BCUT2D eigenvalue weighted by atomic mass is 35.5. The number of anilines is 1. The minimum Gasteiger partial charge on any atom is -0.382 e. The zero-order chi connectivity index (χ0) is 17.0. The summed E-state index contributed by atoms with van der Waals surface area (Å²) in [6, 6.07) is 7.56. The lowest BCUT2D eigenvalue weighted by Gasteiger charge is -2.55. The van der Waals surface area contributed by atoms with Gasteiger partial charge in [-0.3, -0.25) is 4.90 Å². The van der Waals surface area contributed by atoms with Crippen LogP contribution in [0.5, 0.6) is 0 Å². The van der Waals surface area contributed by atoms with Gasteiger partial charge in [-0.05, 0) is 38.0 Å². The minimum absolute atomic E-state index is 0.0681. The molecule has 0 radical (unpaired) electrons. The van der Waals surface area contributed by atoms with Crippen molar-refractivity contribution in [3.63, 3.8) is 0 Å². The van der Waals surface area contributed by atoms with Gasteiger partial charge < -0.3 is 14.8 Å². The Kier molecular flexibility index (Phi) is 5.62. The Bertz CT molecular complexity index is 605. The predicted molar refractivity (Wildman–Crippen MR) is 94.4 cm³/mol. The van der Waals surface area contributed by atoms with Gasteiger partial charge >= 0.3 is 0 Å². The molecule has 0 atom stereocenters. The fourth-order valence-corrected chi connectivity index (χ4v) is 3.89. The van der Waals surface area contributed by atoms with Gasteiger partial charge in [0.05, 0.1) is 30.6 Å². The van der Waals surface area contributed by atoms with E-state index in [2.05, 4.69) is 16.3 Å². The molecule has 1 N–H and O–H groups in total. The smallest absolute Gasteiger partial charge is 0.101 e. The number of nitrogens with one attached hydrogen (secondary N) is 1. The summed E-state index contributed by atoms with van der Waals surface area (Å²) in [5, 5.41) is 13.4. The third-order valence-electron chi connectivity index (χ3n) is 5.01. The standard InChI is InChI=1S/C18H24ClN3O2/c1-2-24-16-10-18(11-16,22-5-7-23-8-6-22)13-21-17-9-15(19)4-3-14(17)12-20/h3-4,9,16,21H,2,5-8,10-11,13H2,1H3. The molecule has 1 aliphatic carbocycles. The second-order valence-electron chi connectivity index (χ2n) is 6.46. The van der Waals surface area contributed by atoms with Crippen LogP contribution in [-0.2, 0) is 9.47 Å². The molecule has 3 rings (SSSR count). The van der Waals surface area contributed by atoms with E-state index in [1.165, 1.54) is 0 Å². The quantitative estimate of drug-likeness (QED) is 0.855. The molecule has 2 aliphatic rings. The highest BCUT2D eigenvalue weighted by Gasteiger charge is 2.49. The van der Waals surface area contributed by atoms with Crippen LogP contribution in [0.2, 0.25) is 5.02 Å². The van der Waals surface area contributed by atoms with Crippen molar-refractivity contribution in [3.05, 3.63) is 28.8 Å². The van der Waals surface area contributed by atoms with Gasteiger partial charge in [0.25, 0.3) is 0 Å². The first-order valence-corrected chi connectivity index (χ1v) is 8.92. The molecule has 6 heteroatoms. The Balaban J connectivity index is 1.71. The van der Waals surface area contributed by atoms with Crippen LogP contribution in [0.4, 0.5) is 5.69 Å². The monoisotopic (exact) mass is 349 g/mol. The SMILES string of the molecule is CCOC1CC(CNc2cc(Cl)ccc2C#N)(N2CCOCC2)C1. The maximum absolute atomic E-state index is 9.29. The zero-order valence-electron chi connectivity index (χ0n) is 14.1. The van der Waals surface area contributed by atoms with Gasteiger partial charge in [0.15, 0.2) is 0 Å². The van der Waals surface area contributed by atoms with Crippen LogP contribution in [-0.4, -0.2) is 56.0 Å². The van der Waals surface area contributed by atoms with Gasteiger partial charge in [0, 0.05) is 36.8 Å². The van der Waals surface area contributed by atoms with E-state index in [1.54, 1.807) is 12.1 Å². The van der Waals surface area contributed by atoms with E-state index >= 15 is 0 Å². The Morgan fingerprint density at radius 2 is 2.17 bits per heavy atom. The summed E-state index contributed by atoms with van der Waals surface area (Å²) in [6.45, 7) is 7.03. The van der Waals surface area contributed by atoms with Gasteiger partial charge in [-0.25, -0.2) is 0 Å². The number of morpholine rings is 1. The molecule has 2 fully saturated rings. The first kappa shape index (κ1) is 17.5. The van der Waals surface area contributed by atoms with E-state index in [-0.39, 0.29) is 5.54 Å². The van der Waals surface area contributed by atoms with Gasteiger partial charge in [0.1, 0.15) is 6.07 Å². The summed E-state index contributed by atoms with van der Waals surface area (Å²) in [4.78, 5) is 2.51. The first-order chi connectivity index (χ1) is 11.7. The molecule has 130 valence electrons. The summed E-state index contributed by atoms with van der Waals surface area (Å²) in [7, 11) is 0. The van der Waals surface area contributed by atoms with Crippen molar-refractivity contribution in [2.75, 3.05) is 44.8 Å². The molecular formula is C18H24ClN3O2. The van der Waals surface area contributed by atoms with Crippen LogP contribution in [0.25, 0.3) is 0 Å². The molecule has 0 bridgehead atoms. The van der Waals surface area contributed by atoms with Crippen LogP contribution in [0.15, 0.2) is 18.2 Å². The number of halogens is 1. The third-order valence-corrected chi connectivity index (χ3v) is 5.24. The van der Waals surface area contributed by atoms with Crippen LogP contribution < -0.4 is 5.32 Å². The molecule has 0 unspecified atom stereocenters. The molecule has 1 aliphatic heterocycles. The Morgan fingerprint density at radius 3 is 2.83 bits per heavy atom. The first-order valence-electron chi connectivity index (χ1n) is 8.55. The van der Waals surface area contributed by atoms with Gasteiger partial charge in [-0.15, -0.1) is 0 Å². The Labute approximate surface area is 148 Å². The maximum Gasteiger partial charge on any atom is 0.101 e. The van der Waals surface area contributed by atoms with E-state index < -0.39 is 0 Å². The largest absolute Gasteiger partial charge is 0.382 e. The number of benzene rings is 1. The Hall–Kier alpha value is -1.32. The molecule has 1 heterocycles. The van der Waals surface area contributed by atoms with Crippen LogP contribution in [0.3, 0.4) is 0 Å². The van der Waals surface area contributed by atoms with Gasteiger partial charge in [-0.1, -0.05) is 11.6 Å². The second kappa shape index (κ2) is 7.71. The molecule has 0 aromatic heterocycles. The fourth-order valence-electron chi connectivity index (χ4n) is 3.71. The lowest BCUT2D eigenvalue weighted by Crippen LogP contribution is -2.65. The van der Waals surface area contributed by atoms with E-state index in [9.17, 15) is 5.26 Å². The lowest BCUT2D eigenvalue weighted by atomic mass is 9.72. The number of nitrogens with zero attached hydrogens (tertiary/aromatic N) is 2. The summed E-state index contributed by atoms with van der Waals surface area (Å²) < 4.78 is 11.3. The van der Waals surface area contributed by atoms with Crippen molar-refractivity contribution in [2.24, 2.45) is 0 Å². The zero-order valence-corrected chi connectivity index (χ0v) is 14.8. The number of nitriles is 1. The van der Waals surface area contributed by atoms with Crippen LogP contribution in [0.1, 0.15) is 25.3 Å². The van der Waals surface area contributed by atoms with Crippen molar-refractivity contribution in [3.8, 4) is 6.07 Å². The summed E-state index contributed by atoms with van der Waals surface area (Å²) in [6.07, 6.45) is 2.35. The topological polar surface area (TPSA) is 57.5 Å². The lowest BCUT2D eigenvalue weighted by molar-refractivity contribution is -0.121. The molecule has 24 heavy (non-hydrogen) atoms. The second-order valence-corrected chi connectivity index (χ2v) is 6.90. The fraction of sp³-hybridized carbons (Fsp3) is 0.611. The molecule has 0 amide bonds. The molecule has 1 saturated carbocycles. The van der Waals surface area contributed by atoms with Gasteiger partial charge in [0.2, 0.25) is 0 Å². The third kappa shape index (κ3) is 3.68. The number of hydrogen-bond donors (Lipinski definition) is 1. The average Bonchev–Trinajstić information content (AvgIpc) is 2.58. The molecule has 1 aromatic carbocycles. The highest BCUT2D eigenvalue weighted by Crippen LogP contribution is 2.40. The molecule has 5 nitrogen and oxygen atoms in total.